The summed E-state index contributed by atoms with van der Waals surface area (Å²) in [5.41, 5.74) is 1.13. The van der Waals surface area contributed by atoms with E-state index in [-0.39, 0.29) is 36.3 Å². The van der Waals surface area contributed by atoms with Crippen molar-refractivity contribution in [2.24, 2.45) is 0 Å². The third-order valence-corrected chi connectivity index (χ3v) is 3.57. The Morgan fingerprint density at radius 1 is 0.875 bits per heavy atom. The lowest BCUT2D eigenvalue weighted by Gasteiger charge is -2.12. The number of carbonyl (C=O) groups is 2. The van der Waals surface area contributed by atoms with E-state index in [0.717, 1.165) is 29.4 Å². The van der Waals surface area contributed by atoms with Crippen molar-refractivity contribution < 1.29 is 19.1 Å². The highest BCUT2D eigenvalue weighted by atomic mass is 16.6. The van der Waals surface area contributed by atoms with Gasteiger partial charge in [0.25, 0.3) is 0 Å². The van der Waals surface area contributed by atoms with Crippen LogP contribution < -0.4 is 14.8 Å². The van der Waals surface area contributed by atoms with E-state index >= 15 is 0 Å². The normalized spacial score (nSPS) is 10.6. The number of nitrogens with one attached hydrogen (secondary N) is 1. The predicted octanol–water partition coefficient (Wildman–Crippen LogP) is 3.58. The fourth-order valence-electron chi connectivity index (χ4n) is 2.23. The maximum absolute atomic E-state index is 11.7. The van der Waals surface area contributed by atoms with Crippen molar-refractivity contribution in [3.8, 4) is 11.5 Å². The molecule has 0 heterocycles. The first-order valence-corrected chi connectivity index (χ1v) is 8.26. The SMILES string of the molecule is CCNCc1ccc2cc(OC(=O)CC)c(OC(=O)CC)cc2c1. The molecule has 0 aliphatic rings. The molecule has 0 fully saturated rings. The number of ether oxygens (including phenoxy) is 2. The molecule has 0 radical (unpaired) electrons. The van der Waals surface area contributed by atoms with E-state index in [4.69, 9.17) is 9.47 Å². The number of hydrogen-bond donors (Lipinski definition) is 1. The van der Waals surface area contributed by atoms with Gasteiger partial charge in [0, 0.05) is 19.4 Å². The quantitative estimate of drug-likeness (QED) is 0.621. The van der Waals surface area contributed by atoms with Gasteiger partial charge < -0.3 is 14.8 Å². The summed E-state index contributed by atoms with van der Waals surface area (Å²) in [7, 11) is 0. The second-order valence-electron chi connectivity index (χ2n) is 5.42. The molecule has 5 nitrogen and oxygen atoms in total. The molecule has 0 saturated carbocycles. The zero-order chi connectivity index (χ0) is 17.5. The summed E-state index contributed by atoms with van der Waals surface area (Å²) in [6.07, 6.45) is 0.500. The van der Waals surface area contributed by atoms with Crippen LogP contribution in [0.4, 0.5) is 0 Å². The molecule has 0 spiro atoms. The summed E-state index contributed by atoms with van der Waals surface area (Å²) < 4.78 is 10.7. The number of rotatable bonds is 7. The third kappa shape index (κ3) is 4.55. The van der Waals surface area contributed by atoms with Crippen molar-refractivity contribution in [1.82, 2.24) is 5.32 Å². The largest absolute Gasteiger partial charge is 0.422 e. The van der Waals surface area contributed by atoms with Gasteiger partial charge >= 0.3 is 11.9 Å². The summed E-state index contributed by atoms with van der Waals surface area (Å²) >= 11 is 0. The van der Waals surface area contributed by atoms with E-state index in [1.54, 1.807) is 26.0 Å². The van der Waals surface area contributed by atoms with Gasteiger partial charge in [-0.1, -0.05) is 32.9 Å². The number of carbonyl (C=O) groups excluding carboxylic acids is 2. The molecular weight excluding hydrogens is 306 g/mol. The Hall–Kier alpha value is -2.40. The summed E-state index contributed by atoms with van der Waals surface area (Å²) in [5.74, 6) is -0.189. The molecule has 0 aromatic heterocycles. The van der Waals surface area contributed by atoms with Crippen LogP contribution in [0.15, 0.2) is 30.3 Å². The van der Waals surface area contributed by atoms with Gasteiger partial charge in [0.2, 0.25) is 0 Å². The van der Waals surface area contributed by atoms with Crippen LogP contribution in [-0.2, 0) is 16.1 Å². The second kappa shape index (κ2) is 8.45. The molecule has 0 saturated heterocycles. The number of hydrogen-bond acceptors (Lipinski definition) is 5. The summed E-state index contributed by atoms with van der Waals surface area (Å²) in [6, 6.07) is 9.51. The Kier molecular flexibility index (Phi) is 6.32. The summed E-state index contributed by atoms with van der Waals surface area (Å²) in [6.45, 7) is 7.15. The minimum atomic E-state index is -0.369. The van der Waals surface area contributed by atoms with Gasteiger partial charge in [-0.15, -0.1) is 0 Å². The molecule has 128 valence electrons. The standard InChI is InChI=1S/C19H23NO4/c1-4-18(21)23-16-10-14-8-7-13(12-20-6-3)9-15(14)11-17(16)24-19(22)5-2/h7-11,20H,4-6,12H2,1-3H3. The first-order chi connectivity index (χ1) is 11.6. The fraction of sp³-hybridized carbons (Fsp3) is 0.368. The predicted molar refractivity (Wildman–Crippen MR) is 93.2 cm³/mol. The molecule has 0 amide bonds. The Bertz CT molecular complexity index is 739. The van der Waals surface area contributed by atoms with E-state index in [1.165, 1.54) is 0 Å². The average molecular weight is 329 g/mol. The van der Waals surface area contributed by atoms with E-state index < -0.39 is 0 Å². The monoisotopic (exact) mass is 329 g/mol. The number of benzene rings is 2. The molecular formula is C19H23NO4. The molecule has 2 aromatic carbocycles. The van der Waals surface area contributed by atoms with Crippen LogP contribution in [0.5, 0.6) is 11.5 Å². The van der Waals surface area contributed by atoms with Crippen LogP contribution >= 0.6 is 0 Å². The first kappa shape index (κ1) is 17.9. The Morgan fingerprint density at radius 2 is 1.46 bits per heavy atom. The Morgan fingerprint density at radius 3 is 2.00 bits per heavy atom. The molecule has 0 atom stereocenters. The molecule has 24 heavy (non-hydrogen) atoms. The molecule has 0 unspecified atom stereocenters. The molecule has 2 aromatic rings. The highest BCUT2D eigenvalue weighted by Gasteiger charge is 2.14. The van der Waals surface area contributed by atoms with Crippen molar-refractivity contribution >= 4 is 22.7 Å². The van der Waals surface area contributed by atoms with Crippen LogP contribution in [0.3, 0.4) is 0 Å². The van der Waals surface area contributed by atoms with E-state index in [9.17, 15) is 9.59 Å². The van der Waals surface area contributed by atoms with Crippen molar-refractivity contribution in [3.63, 3.8) is 0 Å². The summed E-state index contributed by atoms with van der Waals surface area (Å²) in [5, 5.41) is 5.13. The maximum Gasteiger partial charge on any atom is 0.311 e. The Balaban J connectivity index is 2.43. The van der Waals surface area contributed by atoms with Gasteiger partial charge in [0.1, 0.15) is 0 Å². The van der Waals surface area contributed by atoms with E-state index in [1.807, 2.05) is 18.2 Å². The maximum atomic E-state index is 11.7. The lowest BCUT2D eigenvalue weighted by atomic mass is 10.1. The lowest BCUT2D eigenvalue weighted by molar-refractivity contribution is -0.136. The average Bonchev–Trinajstić information content (AvgIpc) is 2.59. The van der Waals surface area contributed by atoms with Gasteiger partial charge in [-0.05, 0) is 41.1 Å². The van der Waals surface area contributed by atoms with Crippen LogP contribution in [0, 0.1) is 0 Å². The lowest BCUT2D eigenvalue weighted by Crippen LogP contribution is -2.12. The van der Waals surface area contributed by atoms with E-state index in [2.05, 4.69) is 12.2 Å². The van der Waals surface area contributed by atoms with Crippen LogP contribution in [0.25, 0.3) is 10.8 Å². The third-order valence-electron chi connectivity index (χ3n) is 3.57. The van der Waals surface area contributed by atoms with Gasteiger partial charge in [0.05, 0.1) is 0 Å². The smallest absolute Gasteiger partial charge is 0.311 e. The van der Waals surface area contributed by atoms with Crippen molar-refractivity contribution in [2.45, 2.75) is 40.2 Å². The van der Waals surface area contributed by atoms with E-state index in [0.29, 0.717) is 0 Å². The summed E-state index contributed by atoms with van der Waals surface area (Å²) in [4.78, 5) is 23.3. The zero-order valence-corrected chi connectivity index (χ0v) is 14.3. The van der Waals surface area contributed by atoms with Gasteiger partial charge in [-0.3, -0.25) is 9.59 Å². The van der Waals surface area contributed by atoms with Crippen LogP contribution in [0.1, 0.15) is 39.2 Å². The zero-order valence-electron chi connectivity index (χ0n) is 14.3. The first-order valence-electron chi connectivity index (χ1n) is 8.26. The van der Waals surface area contributed by atoms with Crippen LogP contribution in [-0.4, -0.2) is 18.5 Å². The van der Waals surface area contributed by atoms with Crippen LogP contribution in [0.2, 0.25) is 0 Å². The molecule has 0 aliphatic carbocycles. The van der Waals surface area contributed by atoms with Crippen molar-refractivity contribution in [2.75, 3.05) is 6.54 Å². The molecule has 0 bridgehead atoms. The molecule has 2 rings (SSSR count). The number of fused-ring (bicyclic) bond motifs is 1. The van der Waals surface area contributed by atoms with Gasteiger partial charge in [-0.2, -0.15) is 0 Å². The topological polar surface area (TPSA) is 64.6 Å². The molecule has 5 heteroatoms. The van der Waals surface area contributed by atoms with Gasteiger partial charge in [0.15, 0.2) is 11.5 Å². The minimum absolute atomic E-state index is 0.250. The van der Waals surface area contributed by atoms with Crippen molar-refractivity contribution in [1.29, 1.82) is 0 Å². The minimum Gasteiger partial charge on any atom is -0.422 e. The van der Waals surface area contributed by atoms with Gasteiger partial charge in [-0.25, -0.2) is 0 Å². The Labute approximate surface area is 141 Å². The highest BCUT2D eigenvalue weighted by molar-refractivity contribution is 5.89. The highest BCUT2D eigenvalue weighted by Crippen LogP contribution is 2.33. The molecule has 0 aliphatic heterocycles. The second-order valence-corrected chi connectivity index (χ2v) is 5.42. The number of esters is 2. The fourth-order valence-corrected chi connectivity index (χ4v) is 2.23. The molecule has 1 N–H and O–H groups in total. The van der Waals surface area contributed by atoms with Crippen molar-refractivity contribution in [3.05, 3.63) is 35.9 Å².